The van der Waals surface area contributed by atoms with Crippen LogP contribution in [-0.4, -0.2) is 62.0 Å². The third kappa shape index (κ3) is 3.72. The minimum atomic E-state index is -1.59. The molecule has 0 bridgehead atoms. The van der Waals surface area contributed by atoms with E-state index in [1.807, 2.05) is 0 Å². The van der Waals surface area contributed by atoms with Crippen LogP contribution in [0, 0.1) is 6.92 Å². The summed E-state index contributed by atoms with van der Waals surface area (Å²) in [6.45, 7) is 3.07. The fraction of sp³-hybridized carbons (Fsp3) is 0.318. The number of hydrogen-bond acceptors (Lipinski definition) is 9. The lowest BCUT2D eigenvalue weighted by Crippen LogP contribution is -2.58. The minimum absolute atomic E-state index is 0.0202. The van der Waals surface area contributed by atoms with Crippen LogP contribution >= 0.6 is 0 Å². The van der Waals surface area contributed by atoms with Crippen molar-refractivity contribution in [1.82, 2.24) is 0 Å². The first-order valence-corrected chi connectivity index (χ1v) is 9.63. The molecule has 5 N–H and O–H groups in total. The van der Waals surface area contributed by atoms with E-state index in [4.69, 9.17) is 14.2 Å². The molecule has 2 aromatic carbocycles. The number of phenols is 2. The molecule has 9 nitrogen and oxygen atoms in total. The van der Waals surface area contributed by atoms with Gasteiger partial charge in [0.25, 0.3) is 0 Å². The highest BCUT2D eigenvalue weighted by Crippen LogP contribution is 2.45. The summed E-state index contributed by atoms with van der Waals surface area (Å²) < 4.78 is 16.8. The van der Waals surface area contributed by atoms with Crippen molar-refractivity contribution in [3.63, 3.8) is 0 Å². The van der Waals surface area contributed by atoms with Crippen molar-refractivity contribution < 1.29 is 44.5 Å². The van der Waals surface area contributed by atoms with E-state index in [2.05, 4.69) is 0 Å². The average Bonchev–Trinajstić information content (AvgIpc) is 3.06. The van der Waals surface area contributed by atoms with E-state index in [1.54, 1.807) is 19.1 Å². The van der Waals surface area contributed by atoms with Gasteiger partial charge in [0.1, 0.15) is 46.9 Å². The van der Waals surface area contributed by atoms with Gasteiger partial charge in [-0.1, -0.05) is 12.1 Å². The number of hydrogen-bond donors (Lipinski definition) is 5. The van der Waals surface area contributed by atoms with Gasteiger partial charge < -0.3 is 39.7 Å². The number of aliphatic hydroxyl groups is 3. The third-order valence-corrected chi connectivity index (χ3v) is 5.37. The van der Waals surface area contributed by atoms with Crippen LogP contribution in [0.15, 0.2) is 36.1 Å². The van der Waals surface area contributed by atoms with E-state index in [9.17, 15) is 30.3 Å². The molecule has 2 heterocycles. The Morgan fingerprint density at radius 1 is 1.03 bits per heavy atom. The first-order chi connectivity index (χ1) is 14.7. The second-order valence-corrected chi connectivity index (χ2v) is 7.55. The van der Waals surface area contributed by atoms with Crippen molar-refractivity contribution in [3.8, 4) is 23.0 Å². The first kappa shape index (κ1) is 21.1. The largest absolute Gasteiger partial charge is 0.508 e. The van der Waals surface area contributed by atoms with Crippen LogP contribution in [0.4, 0.5) is 0 Å². The molecule has 4 rings (SSSR count). The smallest absolute Gasteiger partial charge is 0.235 e. The SMILES string of the molecule is Cc1c(O)cc(O[C@H]2O[C@@H](C)[C@H](O)[C@H](O)[C@@H]2O)c2c1OC(=Cc1ccc(O)cc1)C2=O. The van der Waals surface area contributed by atoms with Crippen LogP contribution in [0.25, 0.3) is 6.08 Å². The Labute approximate surface area is 177 Å². The highest BCUT2D eigenvalue weighted by atomic mass is 16.7. The molecule has 0 spiro atoms. The molecule has 5 atom stereocenters. The van der Waals surface area contributed by atoms with Crippen LogP contribution in [0.1, 0.15) is 28.4 Å². The van der Waals surface area contributed by atoms with Crippen LogP contribution in [-0.2, 0) is 4.74 Å². The number of rotatable bonds is 3. The van der Waals surface area contributed by atoms with Crippen molar-refractivity contribution in [3.05, 3.63) is 52.8 Å². The maximum absolute atomic E-state index is 13.1. The fourth-order valence-corrected chi connectivity index (χ4v) is 3.49. The number of ether oxygens (including phenoxy) is 3. The fourth-order valence-electron chi connectivity index (χ4n) is 3.49. The number of carbonyl (C=O) groups is 1. The van der Waals surface area contributed by atoms with Crippen molar-refractivity contribution in [2.45, 2.75) is 44.6 Å². The van der Waals surface area contributed by atoms with E-state index < -0.39 is 36.5 Å². The molecule has 164 valence electrons. The zero-order valence-electron chi connectivity index (χ0n) is 16.7. The minimum Gasteiger partial charge on any atom is -0.508 e. The predicted octanol–water partition coefficient (Wildman–Crippen LogP) is 1.23. The molecule has 1 saturated heterocycles. The van der Waals surface area contributed by atoms with Crippen LogP contribution in [0.5, 0.6) is 23.0 Å². The Morgan fingerprint density at radius 3 is 2.39 bits per heavy atom. The summed E-state index contributed by atoms with van der Waals surface area (Å²) in [5.74, 6) is -0.659. The lowest BCUT2D eigenvalue weighted by Gasteiger charge is -2.39. The maximum Gasteiger partial charge on any atom is 0.235 e. The van der Waals surface area contributed by atoms with Gasteiger partial charge in [0, 0.05) is 11.6 Å². The average molecular weight is 430 g/mol. The lowest BCUT2D eigenvalue weighted by molar-refractivity contribution is -0.268. The molecule has 0 aliphatic carbocycles. The predicted molar refractivity (Wildman–Crippen MR) is 107 cm³/mol. The van der Waals surface area contributed by atoms with Crippen LogP contribution in [0.2, 0.25) is 0 Å². The van der Waals surface area contributed by atoms with Gasteiger partial charge in [0.2, 0.25) is 12.1 Å². The summed E-state index contributed by atoms with van der Waals surface area (Å²) in [5.41, 5.74) is 0.957. The molecule has 0 aromatic heterocycles. The third-order valence-electron chi connectivity index (χ3n) is 5.37. The van der Waals surface area contributed by atoms with E-state index >= 15 is 0 Å². The van der Waals surface area contributed by atoms with Gasteiger partial charge >= 0.3 is 0 Å². The quantitative estimate of drug-likeness (QED) is 0.454. The first-order valence-electron chi connectivity index (χ1n) is 9.63. The molecular formula is C22H22O9. The number of ketones is 1. The maximum atomic E-state index is 13.1. The van der Waals surface area contributed by atoms with Gasteiger partial charge in [-0.3, -0.25) is 4.79 Å². The molecular weight excluding hydrogens is 408 g/mol. The lowest BCUT2D eigenvalue weighted by atomic mass is 10.00. The number of allylic oxidation sites excluding steroid dienone is 1. The van der Waals surface area contributed by atoms with Crippen molar-refractivity contribution in [2.24, 2.45) is 0 Å². The van der Waals surface area contributed by atoms with Crippen molar-refractivity contribution in [1.29, 1.82) is 0 Å². The van der Waals surface area contributed by atoms with E-state index in [1.165, 1.54) is 31.2 Å². The molecule has 2 aliphatic heterocycles. The Balaban J connectivity index is 1.69. The second kappa shape index (κ2) is 7.86. The summed E-state index contributed by atoms with van der Waals surface area (Å²) in [6.07, 6.45) is -5.16. The molecule has 2 aromatic rings. The number of aromatic hydroxyl groups is 2. The number of aliphatic hydroxyl groups excluding tert-OH is 3. The molecule has 0 radical (unpaired) electrons. The van der Waals surface area contributed by atoms with Gasteiger partial charge in [0.05, 0.1) is 6.10 Å². The zero-order chi connectivity index (χ0) is 22.4. The summed E-state index contributed by atoms with van der Waals surface area (Å²) in [5, 5.41) is 49.8. The van der Waals surface area contributed by atoms with Crippen molar-refractivity contribution in [2.75, 3.05) is 0 Å². The summed E-state index contributed by atoms with van der Waals surface area (Å²) in [4.78, 5) is 13.1. The highest BCUT2D eigenvalue weighted by Gasteiger charge is 2.44. The van der Waals surface area contributed by atoms with Crippen molar-refractivity contribution >= 4 is 11.9 Å². The van der Waals surface area contributed by atoms with Crippen LogP contribution < -0.4 is 9.47 Å². The van der Waals surface area contributed by atoms with Gasteiger partial charge in [-0.05, 0) is 37.6 Å². The summed E-state index contributed by atoms with van der Waals surface area (Å²) in [6, 6.07) is 7.34. The number of fused-ring (bicyclic) bond motifs is 1. The number of phenolic OH excluding ortho intramolecular Hbond substituents is 2. The Hall–Kier alpha value is -3.11. The Bertz CT molecular complexity index is 1040. The monoisotopic (exact) mass is 430 g/mol. The van der Waals surface area contributed by atoms with Gasteiger partial charge in [0.15, 0.2) is 5.76 Å². The Kier molecular flexibility index (Phi) is 5.36. The molecule has 31 heavy (non-hydrogen) atoms. The normalized spacial score (nSPS) is 29.0. The molecule has 0 unspecified atom stereocenters. The Morgan fingerprint density at radius 2 is 1.71 bits per heavy atom. The van der Waals surface area contributed by atoms with Gasteiger partial charge in [-0.2, -0.15) is 0 Å². The highest BCUT2D eigenvalue weighted by molar-refractivity contribution is 6.16. The molecule has 2 aliphatic rings. The van der Waals surface area contributed by atoms with Crippen LogP contribution in [0.3, 0.4) is 0 Å². The zero-order valence-corrected chi connectivity index (χ0v) is 16.7. The van der Waals surface area contributed by atoms with Gasteiger partial charge in [-0.25, -0.2) is 0 Å². The second-order valence-electron chi connectivity index (χ2n) is 7.55. The topological polar surface area (TPSA) is 146 Å². The summed E-state index contributed by atoms with van der Waals surface area (Å²) >= 11 is 0. The number of carbonyl (C=O) groups excluding carboxylic acids is 1. The van der Waals surface area contributed by atoms with E-state index in [0.717, 1.165) is 0 Å². The molecule has 0 saturated carbocycles. The standard InChI is InChI=1S/C22H22O9/c1-9-13(24)8-14(31-22-20(28)19(27)17(25)10(2)29-22)16-18(26)15(30-21(9)16)7-11-3-5-12(23)6-4-11/h3-8,10,17,19-20,22-25,27-28H,1-2H3/t10-,17-,19-,20-,22+/m0/s1. The molecule has 0 amide bonds. The van der Waals surface area contributed by atoms with E-state index in [0.29, 0.717) is 11.1 Å². The van der Waals surface area contributed by atoms with Gasteiger partial charge in [-0.15, -0.1) is 0 Å². The number of benzene rings is 2. The number of Topliss-reactive ketones (excluding diaryl/α,β-unsaturated/α-hetero) is 1. The summed E-state index contributed by atoms with van der Waals surface area (Å²) in [7, 11) is 0. The molecule has 1 fully saturated rings. The molecule has 9 heteroatoms. The van der Waals surface area contributed by atoms with E-state index in [-0.39, 0.29) is 34.3 Å².